The number of hydrogen-bond donors (Lipinski definition) is 1. The molecule has 0 aliphatic heterocycles. The molecular weight excluding hydrogens is 302 g/mol. The van der Waals surface area contributed by atoms with Crippen LogP contribution >= 0.6 is 0 Å². The van der Waals surface area contributed by atoms with E-state index in [1.165, 1.54) is 0 Å². The van der Waals surface area contributed by atoms with Gasteiger partial charge in [0.05, 0.1) is 11.9 Å². The van der Waals surface area contributed by atoms with Crippen LogP contribution in [0, 0.1) is 0 Å². The van der Waals surface area contributed by atoms with Crippen molar-refractivity contribution in [3.05, 3.63) is 79.1 Å². The minimum absolute atomic E-state index is 0.244. The van der Waals surface area contributed by atoms with Gasteiger partial charge in [-0.1, -0.05) is 18.2 Å². The topological polar surface area (TPSA) is 72.2 Å². The number of fused-ring (bicyclic) bond motifs is 1. The minimum atomic E-state index is -0.244. The Labute approximate surface area is 137 Å². The average Bonchev–Trinajstić information content (AvgIpc) is 3.07. The monoisotopic (exact) mass is 315 g/mol. The number of rotatable bonds is 3. The molecule has 4 aromatic rings. The predicted octanol–water partition coefficient (Wildman–Crippen LogP) is 3.04. The maximum atomic E-state index is 12.3. The van der Waals surface area contributed by atoms with Crippen LogP contribution in [0.1, 0.15) is 10.5 Å². The Bertz CT molecular complexity index is 996. The minimum Gasteiger partial charge on any atom is -0.321 e. The zero-order valence-corrected chi connectivity index (χ0v) is 12.6. The maximum absolute atomic E-state index is 12.3. The quantitative estimate of drug-likeness (QED) is 0.631. The number of nitrogens with one attached hydrogen (secondary N) is 1. The second-order valence-electron chi connectivity index (χ2n) is 5.22. The van der Waals surface area contributed by atoms with Gasteiger partial charge in [0.1, 0.15) is 11.3 Å². The van der Waals surface area contributed by atoms with Crippen LogP contribution in [0.4, 0.5) is 5.69 Å². The van der Waals surface area contributed by atoms with Crippen LogP contribution in [0.3, 0.4) is 0 Å². The Hall–Kier alpha value is -3.54. The molecule has 0 saturated heterocycles. The van der Waals surface area contributed by atoms with Gasteiger partial charge in [-0.25, -0.2) is 4.98 Å². The first-order valence-electron chi connectivity index (χ1n) is 7.41. The lowest BCUT2D eigenvalue weighted by molar-refractivity contribution is 0.102. The number of aromatic nitrogens is 4. The van der Waals surface area contributed by atoms with Gasteiger partial charge in [0.25, 0.3) is 5.91 Å². The second kappa shape index (κ2) is 5.92. The molecule has 1 aromatic carbocycles. The summed E-state index contributed by atoms with van der Waals surface area (Å²) in [5.41, 5.74) is 3.46. The van der Waals surface area contributed by atoms with Gasteiger partial charge < -0.3 is 9.72 Å². The lowest BCUT2D eigenvalue weighted by Crippen LogP contribution is -2.11. The lowest BCUT2D eigenvalue weighted by Gasteiger charge is -2.01. The largest absolute Gasteiger partial charge is 0.321 e. The van der Waals surface area contributed by atoms with Gasteiger partial charge in [-0.15, -0.1) is 0 Å². The zero-order chi connectivity index (χ0) is 16.4. The number of pyridine rings is 1. The number of hydrogen-bond acceptors (Lipinski definition) is 4. The van der Waals surface area contributed by atoms with E-state index in [2.05, 4.69) is 20.3 Å². The molecule has 0 saturated carbocycles. The van der Waals surface area contributed by atoms with Crippen LogP contribution < -0.4 is 5.32 Å². The summed E-state index contributed by atoms with van der Waals surface area (Å²) in [6.45, 7) is 0. The third-order valence-electron chi connectivity index (χ3n) is 3.57. The fourth-order valence-corrected chi connectivity index (χ4v) is 2.42. The van der Waals surface area contributed by atoms with Crippen molar-refractivity contribution >= 4 is 17.2 Å². The van der Waals surface area contributed by atoms with E-state index < -0.39 is 0 Å². The molecule has 6 heteroatoms. The Kier molecular flexibility index (Phi) is 3.47. The highest BCUT2D eigenvalue weighted by Crippen LogP contribution is 2.17. The Morgan fingerprint density at radius 2 is 1.88 bits per heavy atom. The van der Waals surface area contributed by atoms with E-state index in [4.69, 9.17) is 0 Å². The lowest BCUT2D eigenvalue weighted by atomic mass is 10.2. The van der Waals surface area contributed by atoms with Crippen molar-refractivity contribution in [2.75, 3.05) is 5.32 Å². The molecule has 0 unspecified atom stereocenters. The molecule has 3 aromatic heterocycles. The van der Waals surface area contributed by atoms with Crippen molar-refractivity contribution in [3.63, 3.8) is 0 Å². The number of para-hydroxylation sites is 1. The van der Waals surface area contributed by atoms with Crippen molar-refractivity contribution in [1.29, 1.82) is 0 Å². The van der Waals surface area contributed by atoms with Crippen molar-refractivity contribution in [2.24, 2.45) is 0 Å². The van der Waals surface area contributed by atoms with Crippen LogP contribution in [0.2, 0.25) is 0 Å². The zero-order valence-electron chi connectivity index (χ0n) is 12.6. The number of nitrogens with zero attached hydrogens (tertiary/aromatic N) is 4. The summed E-state index contributed by atoms with van der Waals surface area (Å²) in [7, 11) is 0. The summed E-state index contributed by atoms with van der Waals surface area (Å²) in [5.74, 6) is -0.244. The second-order valence-corrected chi connectivity index (χ2v) is 5.22. The molecule has 6 nitrogen and oxygen atoms in total. The molecule has 1 N–H and O–H groups in total. The number of carbonyl (C=O) groups excluding carboxylic acids is 1. The molecule has 4 rings (SSSR count). The van der Waals surface area contributed by atoms with E-state index in [-0.39, 0.29) is 5.91 Å². The Morgan fingerprint density at radius 1 is 1.00 bits per heavy atom. The van der Waals surface area contributed by atoms with Crippen LogP contribution in [-0.4, -0.2) is 25.3 Å². The highest BCUT2D eigenvalue weighted by atomic mass is 16.1. The van der Waals surface area contributed by atoms with Gasteiger partial charge >= 0.3 is 0 Å². The molecule has 0 radical (unpaired) electrons. The van der Waals surface area contributed by atoms with Gasteiger partial charge in [0, 0.05) is 36.0 Å². The average molecular weight is 315 g/mol. The Morgan fingerprint density at radius 3 is 2.67 bits per heavy atom. The number of benzene rings is 1. The molecule has 0 aliphatic rings. The molecule has 0 atom stereocenters. The smallest absolute Gasteiger partial charge is 0.275 e. The van der Waals surface area contributed by atoms with Crippen LogP contribution in [0.25, 0.3) is 16.9 Å². The maximum Gasteiger partial charge on any atom is 0.275 e. The van der Waals surface area contributed by atoms with Gasteiger partial charge in [0.2, 0.25) is 0 Å². The third kappa shape index (κ3) is 2.72. The Balaban J connectivity index is 1.65. The van der Waals surface area contributed by atoms with Crippen molar-refractivity contribution in [3.8, 4) is 11.3 Å². The fourth-order valence-electron chi connectivity index (χ4n) is 2.42. The summed E-state index contributed by atoms with van der Waals surface area (Å²) in [5, 5.41) is 2.83. The first-order valence-corrected chi connectivity index (χ1v) is 7.41. The molecule has 0 aliphatic carbocycles. The number of anilines is 1. The highest BCUT2D eigenvalue weighted by molar-refractivity contribution is 6.03. The first-order chi connectivity index (χ1) is 11.8. The van der Waals surface area contributed by atoms with E-state index in [1.54, 1.807) is 24.8 Å². The molecule has 0 spiro atoms. The standard InChI is InChI=1S/C18H13N5O/c24-18(21-14-4-2-1-3-5-14)16-12-23-11-13(6-7-17(23)22-16)15-10-19-8-9-20-15/h1-12H,(H,21,24). The normalized spacial score (nSPS) is 10.7. The summed E-state index contributed by atoms with van der Waals surface area (Å²) in [6.07, 6.45) is 8.55. The van der Waals surface area contributed by atoms with Gasteiger partial charge in [-0.05, 0) is 24.3 Å². The molecule has 116 valence electrons. The van der Waals surface area contributed by atoms with Gasteiger partial charge in [-0.3, -0.25) is 14.8 Å². The number of carbonyl (C=O) groups is 1. The van der Waals surface area contributed by atoms with Crippen molar-refractivity contribution in [1.82, 2.24) is 19.4 Å². The number of amides is 1. The van der Waals surface area contributed by atoms with Crippen molar-refractivity contribution < 1.29 is 4.79 Å². The van der Waals surface area contributed by atoms with Gasteiger partial charge in [-0.2, -0.15) is 0 Å². The SMILES string of the molecule is O=C(Nc1ccccc1)c1cn2cc(-c3cnccn3)ccc2n1. The molecule has 0 bridgehead atoms. The summed E-state index contributed by atoms with van der Waals surface area (Å²) >= 11 is 0. The summed E-state index contributed by atoms with van der Waals surface area (Å²) < 4.78 is 1.81. The molecule has 3 heterocycles. The van der Waals surface area contributed by atoms with E-state index in [9.17, 15) is 4.79 Å². The molecular formula is C18H13N5O. The van der Waals surface area contributed by atoms with Crippen molar-refractivity contribution in [2.45, 2.75) is 0 Å². The summed E-state index contributed by atoms with van der Waals surface area (Å²) in [6, 6.07) is 13.1. The van der Waals surface area contributed by atoms with Gasteiger partial charge in [0.15, 0.2) is 0 Å². The highest BCUT2D eigenvalue weighted by Gasteiger charge is 2.11. The molecule has 1 amide bonds. The fraction of sp³-hybridized carbons (Fsp3) is 0. The predicted molar refractivity (Wildman–Crippen MR) is 90.6 cm³/mol. The van der Waals surface area contributed by atoms with E-state index in [1.807, 2.05) is 53.1 Å². The van der Waals surface area contributed by atoms with Crippen LogP contribution in [0.15, 0.2) is 73.4 Å². The molecule has 24 heavy (non-hydrogen) atoms. The number of imidazole rings is 1. The van der Waals surface area contributed by atoms with Crippen LogP contribution in [0.5, 0.6) is 0 Å². The van der Waals surface area contributed by atoms with E-state index in [0.29, 0.717) is 11.3 Å². The van der Waals surface area contributed by atoms with E-state index >= 15 is 0 Å². The first kappa shape index (κ1) is 14.1. The van der Waals surface area contributed by atoms with E-state index in [0.717, 1.165) is 16.9 Å². The molecule has 0 fully saturated rings. The third-order valence-corrected chi connectivity index (χ3v) is 3.57. The van der Waals surface area contributed by atoms with Crippen LogP contribution in [-0.2, 0) is 0 Å². The summed E-state index contributed by atoms with van der Waals surface area (Å²) in [4.78, 5) is 25.0.